The highest BCUT2D eigenvalue weighted by molar-refractivity contribution is 7.80. The van der Waals surface area contributed by atoms with E-state index in [1.165, 1.54) is 6.92 Å². The Bertz CT molecular complexity index is 835. The van der Waals surface area contributed by atoms with Gasteiger partial charge in [0.05, 0.1) is 6.61 Å². The van der Waals surface area contributed by atoms with E-state index in [2.05, 4.69) is 29.8 Å². The third-order valence-electron chi connectivity index (χ3n) is 3.75. The van der Waals surface area contributed by atoms with Crippen molar-refractivity contribution in [1.29, 1.82) is 0 Å². The fourth-order valence-electron chi connectivity index (χ4n) is 2.32. The molecule has 0 spiro atoms. The first kappa shape index (κ1) is 21.4. The predicted molar refractivity (Wildman–Crippen MR) is 116 cm³/mol. The zero-order chi connectivity index (χ0) is 20.5. The highest BCUT2D eigenvalue weighted by atomic mass is 32.1. The molecule has 2 aromatic carbocycles. The lowest BCUT2D eigenvalue weighted by molar-refractivity contribution is -0.114. The van der Waals surface area contributed by atoms with E-state index in [4.69, 9.17) is 17.0 Å². The lowest BCUT2D eigenvalue weighted by atomic mass is 10.1. The minimum absolute atomic E-state index is 0.140. The number of thiocarbonyl (C=S) groups is 1. The van der Waals surface area contributed by atoms with Crippen LogP contribution in [0.4, 0.5) is 11.4 Å². The Kier molecular flexibility index (Phi) is 7.95. The summed E-state index contributed by atoms with van der Waals surface area (Å²) in [5.41, 5.74) is 1.85. The lowest BCUT2D eigenvalue weighted by Crippen LogP contribution is -2.34. The first-order valence-corrected chi connectivity index (χ1v) is 9.47. The van der Waals surface area contributed by atoms with Gasteiger partial charge in [-0.1, -0.05) is 19.9 Å². The van der Waals surface area contributed by atoms with Gasteiger partial charge in [-0.05, 0) is 67.0 Å². The third-order valence-corrected chi connectivity index (χ3v) is 3.95. The van der Waals surface area contributed by atoms with Gasteiger partial charge >= 0.3 is 0 Å². The van der Waals surface area contributed by atoms with Crippen LogP contribution in [-0.4, -0.2) is 23.5 Å². The number of carbonyl (C=O) groups excluding carboxylic acids is 2. The highest BCUT2D eigenvalue weighted by Crippen LogP contribution is 2.15. The summed E-state index contributed by atoms with van der Waals surface area (Å²) < 4.78 is 5.69. The van der Waals surface area contributed by atoms with Crippen molar-refractivity contribution >= 4 is 40.5 Å². The van der Waals surface area contributed by atoms with Gasteiger partial charge in [-0.2, -0.15) is 0 Å². The summed E-state index contributed by atoms with van der Waals surface area (Å²) in [6.45, 7) is 6.32. The first-order valence-electron chi connectivity index (χ1n) is 9.06. The van der Waals surface area contributed by atoms with Crippen LogP contribution in [0.3, 0.4) is 0 Å². The number of hydrogen-bond acceptors (Lipinski definition) is 4. The molecule has 0 bridgehead atoms. The molecule has 28 heavy (non-hydrogen) atoms. The summed E-state index contributed by atoms with van der Waals surface area (Å²) in [7, 11) is 0. The summed E-state index contributed by atoms with van der Waals surface area (Å²) >= 11 is 5.20. The number of benzene rings is 2. The molecule has 7 heteroatoms. The van der Waals surface area contributed by atoms with E-state index in [0.717, 1.165) is 6.42 Å². The average Bonchev–Trinajstić information content (AvgIpc) is 2.63. The maximum Gasteiger partial charge on any atom is 0.257 e. The summed E-state index contributed by atoms with van der Waals surface area (Å²) in [5.74, 6) is 0.753. The number of carbonyl (C=O) groups is 2. The van der Waals surface area contributed by atoms with E-state index >= 15 is 0 Å². The molecule has 0 unspecified atom stereocenters. The zero-order valence-electron chi connectivity index (χ0n) is 16.2. The van der Waals surface area contributed by atoms with Crippen LogP contribution in [0.5, 0.6) is 5.75 Å². The molecule has 0 aliphatic rings. The number of ether oxygens (including phenoxy) is 1. The highest BCUT2D eigenvalue weighted by Gasteiger charge is 2.09. The monoisotopic (exact) mass is 399 g/mol. The molecule has 0 saturated heterocycles. The van der Waals surface area contributed by atoms with Gasteiger partial charge in [0.2, 0.25) is 5.91 Å². The molecule has 0 aliphatic carbocycles. The van der Waals surface area contributed by atoms with Crippen molar-refractivity contribution < 1.29 is 14.3 Å². The predicted octanol–water partition coefficient (Wildman–Crippen LogP) is 4.20. The molecular weight excluding hydrogens is 374 g/mol. The fourth-order valence-corrected chi connectivity index (χ4v) is 2.53. The molecule has 2 aromatic rings. The van der Waals surface area contributed by atoms with Crippen molar-refractivity contribution in [1.82, 2.24) is 5.32 Å². The summed E-state index contributed by atoms with van der Waals surface area (Å²) in [6, 6.07) is 14.0. The molecule has 0 saturated carbocycles. The SMILES string of the molecule is CC(=O)Nc1ccc(NC(=S)NC(=O)c2cccc(OCCC(C)C)c2)cc1. The van der Waals surface area contributed by atoms with Crippen molar-refractivity contribution in [3.05, 3.63) is 54.1 Å². The van der Waals surface area contributed by atoms with E-state index in [9.17, 15) is 9.59 Å². The quantitative estimate of drug-likeness (QED) is 0.608. The van der Waals surface area contributed by atoms with E-state index in [1.54, 1.807) is 42.5 Å². The molecule has 0 aliphatic heterocycles. The Morgan fingerprint density at radius 1 is 1.04 bits per heavy atom. The molecule has 6 nitrogen and oxygen atoms in total. The van der Waals surface area contributed by atoms with Crippen LogP contribution in [0.2, 0.25) is 0 Å². The van der Waals surface area contributed by atoms with E-state index in [1.807, 2.05) is 6.07 Å². The average molecular weight is 400 g/mol. The van der Waals surface area contributed by atoms with Crippen molar-refractivity contribution in [2.24, 2.45) is 5.92 Å². The molecule has 2 amide bonds. The second-order valence-electron chi connectivity index (χ2n) is 6.73. The van der Waals surface area contributed by atoms with Crippen molar-refractivity contribution in [3.8, 4) is 5.75 Å². The van der Waals surface area contributed by atoms with Gasteiger partial charge < -0.3 is 15.4 Å². The molecule has 2 rings (SSSR count). The minimum atomic E-state index is -0.318. The molecule has 0 atom stereocenters. The maximum absolute atomic E-state index is 12.4. The van der Waals surface area contributed by atoms with Crippen molar-refractivity contribution in [2.75, 3.05) is 17.2 Å². The van der Waals surface area contributed by atoms with Gasteiger partial charge in [0.1, 0.15) is 5.75 Å². The molecule has 148 valence electrons. The van der Waals surface area contributed by atoms with Crippen molar-refractivity contribution in [2.45, 2.75) is 27.2 Å². The second-order valence-corrected chi connectivity index (χ2v) is 7.13. The van der Waals surface area contributed by atoms with Gasteiger partial charge in [0.25, 0.3) is 5.91 Å². The van der Waals surface area contributed by atoms with E-state index in [0.29, 0.717) is 35.2 Å². The van der Waals surface area contributed by atoms with Crippen LogP contribution >= 0.6 is 12.2 Å². The van der Waals surface area contributed by atoms with Crippen LogP contribution in [-0.2, 0) is 4.79 Å². The Balaban J connectivity index is 1.89. The van der Waals surface area contributed by atoms with E-state index in [-0.39, 0.29) is 16.9 Å². The number of nitrogens with one attached hydrogen (secondary N) is 3. The molecule has 0 radical (unpaired) electrons. The second kappa shape index (κ2) is 10.4. The van der Waals surface area contributed by atoms with E-state index < -0.39 is 0 Å². The summed E-state index contributed by atoms with van der Waals surface area (Å²) in [6.07, 6.45) is 0.950. The Labute approximate surface area is 170 Å². The lowest BCUT2D eigenvalue weighted by Gasteiger charge is -2.12. The van der Waals surface area contributed by atoms with Crippen LogP contribution in [0.15, 0.2) is 48.5 Å². The molecule has 3 N–H and O–H groups in total. The van der Waals surface area contributed by atoms with Gasteiger partial charge in [0.15, 0.2) is 5.11 Å². The fraction of sp³-hybridized carbons (Fsp3) is 0.286. The Morgan fingerprint density at radius 3 is 2.29 bits per heavy atom. The first-order chi connectivity index (χ1) is 13.3. The standard InChI is InChI=1S/C21H25N3O3S/c1-14(2)11-12-27-19-6-4-5-16(13-19)20(26)24-21(28)23-18-9-7-17(8-10-18)22-15(3)25/h4-10,13-14H,11-12H2,1-3H3,(H,22,25)(H2,23,24,26,28). The molecule has 0 fully saturated rings. The van der Waals surface area contributed by atoms with Crippen LogP contribution in [0, 0.1) is 5.92 Å². The minimum Gasteiger partial charge on any atom is -0.494 e. The van der Waals surface area contributed by atoms with Crippen LogP contribution in [0.25, 0.3) is 0 Å². The topological polar surface area (TPSA) is 79.5 Å². The molecular formula is C21H25N3O3S. The third kappa shape index (κ3) is 7.36. The molecule has 0 heterocycles. The normalized spacial score (nSPS) is 10.3. The van der Waals surface area contributed by atoms with Gasteiger partial charge in [-0.25, -0.2) is 0 Å². The number of hydrogen-bond donors (Lipinski definition) is 3. The van der Waals surface area contributed by atoms with Crippen LogP contribution < -0.4 is 20.7 Å². The Morgan fingerprint density at radius 2 is 1.68 bits per heavy atom. The number of amides is 2. The summed E-state index contributed by atoms with van der Waals surface area (Å²) in [4.78, 5) is 23.5. The zero-order valence-corrected chi connectivity index (χ0v) is 17.1. The molecule has 0 aromatic heterocycles. The smallest absolute Gasteiger partial charge is 0.257 e. The van der Waals surface area contributed by atoms with Gasteiger partial charge in [0, 0.05) is 23.9 Å². The van der Waals surface area contributed by atoms with Gasteiger partial charge in [-0.15, -0.1) is 0 Å². The number of rotatable bonds is 7. The largest absolute Gasteiger partial charge is 0.494 e. The maximum atomic E-state index is 12.4. The van der Waals surface area contributed by atoms with Crippen LogP contribution in [0.1, 0.15) is 37.6 Å². The van der Waals surface area contributed by atoms with Crippen molar-refractivity contribution in [3.63, 3.8) is 0 Å². The van der Waals surface area contributed by atoms with Gasteiger partial charge in [-0.3, -0.25) is 14.9 Å². The summed E-state index contributed by atoms with van der Waals surface area (Å²) in [5, 5.41) is 8.46. The number of anilines is 2. The Hall–Kier alpha value is -2.93.